The molecule has 1 N–H and O–H groups in total. The van der Waals surface area contributed by atoms with E-state index in [1.807, 2.05) is 0 Å². The number of hydrogen-bond donors (Lipinski definition) is 1. The fourth-order valence-electron chi connectivity index (χ4n) is 0.356. The predicted octanol–water partition coefficient (Wildman–Crippen LogP) is -0.112. The van der Waals surface area contributed by atoms with Gasteiger partial charge in [-0.1, -0.05) is 0 Å². The summed E-state index contributed by atoms with van der Waals surface area (Å²) in [6.07, 6.45) is -1.94. The quantitative estimate of drug-likeness (QED) is 0.585. The van der Waals surface area contributed by atoms with Gasteiger partial charge in [0, 0.05) is 0 Å². The Balaban J connectivity index is 3.85. The maximum absolute atomic E-state index is 10.6. The highest BCUT2D eigenvalue weighted by molar-refractivity contribution is 5.84. The molecule has 0 aliphatic heterocycles. The minimum absolute atomic E-state index is 0.237. The summed E-state index contributed by atoms with van der Waals surface area (Å²) in [4.78, 5) is 21.2. The zero-order valence-corrected chi connectivity index (χ0v) is 6.83. The first-order chi connectivity index (χ1) is 4.95. The molecule has 0 aromatic rings. The number of ether oxygens (including phenoxy) is 1. The standard InChI is InChI=1S/C7H12O4/c1-4(8)6(3)11-7(10)5(2)9/h5-6,9H,1-3H3/t5-,6+/m1/s1. The van der Waals surface area contributed by atoms with E-state index < -0.39 is 18.2 Å². The molecule has 0 saturated carbocycles. The molecule has 0 spiro atoms. The van der Waals surface area contributed by atoms with Crippen molar-refractivity contribution in [2.24, 2.45) is 0 Å². The zero-order chi connectivity index (χ0) is 9.02. The van der Waals surface area contributed by atoms with Gasteiger partial charge in [-0.05, 0) is 20.8 Å². The Morgan fingerprint density at radius 2 is 1.82 bits per heavy atom. The van der Waals surface area contributed by atoms with Gasteiger partial charge in [0.05, 0.1) is 0 Å². The van der Waals surface area contributed by atoms with Crippen molar-refractivity contribution in [2.75, 3.05) is 0 Å². The lowest BCUT2D eigenvalue weighted by Gasteiger charge is -2.10. The van der Waals surface area contributed by atoms with E-state index in [1.54, 1.807) is 0 Å². The zero-order valence-electron chi connectivity index (χ0n) is 6.83. The van der Waals surface area contributed by atoms with Crippen LogP contribution in [0.3, 0.4) is 0 Å². The number of esters is 1. The third-order valence-electron chi connectivity index (χ3n) is 1.21. The molecular weight excluding hydrogens is 148 g/mol. The van der Waals surface area contributed by atoms with Gasteiger partial charge < -0.3 is 9.84 Å². The molecule has 0 aliphatic rings. The van der Waals surface area contributed by atoms with Gasteiger partial charge in [0.15, 0.2) is 11.9 Å². The van der Waals surface area contributed by atoms with Crippen LogP contribution in [0.5, 0.6) is 0 Å². The number of carbonyl (C=O) groups is 2. The van der Waals surface area contributed by atoms with Gasteiger partial charge in [-0.2, -0.15) is 0 Å². The maximum atomic E-state index is 10.6. The van der Waals surface area contributed by atoms with Gasteiger partial charge >= 0.3 is 5.97 Å². The van der Waals surface area contributed by atoms with E-state index >= 15 is 0 Å². The molecule has 0 rings (SSSR count). The van der Waals surface area contributed by atoms with Crippen LogP contribution in [0.1, 0.15) is 20.8 Å². The van der Waals surface area contributed by atoms with Gasteiger partial charge in [-0.25, -0.2) is 4.79 Å². The smallest absolute Gasteiger partial charge is 0.335 e. The van der Waals surface area contributed by atoms with Gasteiger partial charge in [-0.3, -0.25) is 4.79 Å². The van der Waals surface area contributed by atoms with Crippen molar-refractivity contribution in [3.05, 3.63) is 0 Å². The summed E-state index contributed by atoms with van der Waals surface area (Å²) in [6.45, 7) is 4.07. The molecule has 0 aliphatic carbocycles. The summed E-state index contributed by atoms with van der Waals surface area (Å²) >= 11 is 0. The van der Waals surface area contributed by atoms with Crippen molar-refractivity contribution in [3.8, 4) is 0 Å². The largest absolute Gasteiger partial charge is 0.453 e. The Morgan fingerprint density at radius 3 is 2.09 bits per heavy atom. The number of carbonyl (C=O) groups excluding carboxylic acids is 2. The van der Waals surface area contributed by atoms with Crippen molar-refractivity contribution >= 4 is 11.8 Å². The average molecular weight is 160 g/mol. The Bertz CT molecular complexity index is 162. The monoisotopic (exact) mass is 160 g/mol. The highest BCUT2D eigenvalue weighted by Gasteiger charge is 2.16. The van der Waals surface area contributed by atoms with E-state index in [-0.39, 0.29) is 5.78 Å². The van der Waals surface area contributed by atoms with Crippen LogP contribution in [0.2, 0.25) is 0 Å². The fraction of sp³-hybridized carbons (Fsp3) is 0.714. The summed E-state index contributed by atoms with van der Waals surface area (Å²) in [5.41, 5.74) is 0. The number of hydrogen-bond acceptors (Lipinski definition) is 4. The molecule has 0 fully saturated rings. The summed E-state index contributed by atoms with van der Waals surface area (Å²) in [5, 5.41) is 8.67. The molecule has 11 heavy (non-hydrogen) atoms. The van der Waals surface area contributed by atoms with E-state index in [0.29, 0.717) is 0 Å². The maximum Gasteiger partial charge on any atom is 0.335 e. The Labute approximate surface area is 65.2 Å². The highest BCUT2D eigenvalue weighted by atomic mass is 16.6. The molecule has 4 heteroatoms. The van der Waals surface area contributed by atoms with Crippen LogP contribution in [0.25, 0.3) is 0 Å². The molecule has 4 nitrogen and oxygen atoms in total. The summed E-state index contributed by atoms with van der Waals surface area (Å²) in [5.74, 6) is -1.01. The minimum atomic E-state index is -1.17. The van der Waals surface area contributed by atoms with Crippen LogP contribution in [-0.2, 0) is 14.3 Å². The summed E-state index contributed by atoms with van der Waals surface area (Å²) < 4.78 is 4.53. The van der Waals surface area contributed by atoms with Crippen LogP contribution in [0.4, 0.5) is 0 Å². The second-order valence-electron chi connectivity index (χ2n) is 2.37. The normalized spacial score (nSPS) is 15.3. The molecule has 2 atom stereocenters. The molecule has 64 valence electrons. The number of aliphatic hydroxyl groups excluding tert-OH is 1. The summed E-state index contributed by atoms with van der Waals surface area (Å²) in [6, 6.07) is 0. The topological polar surface area (TPSA) is 63.6 Å². The second-order valence-corrected chi connectivity index (χ2v) is 2.37. The van der Waals surface area contributed by atoms with Crippen LogP contribution >= 0.6 is 0 Å². The van der Waals surface area contributed by atoms with Crippen LogP contribution < -0.4 is 0 Å². The lowest BCUT2D eigenvalue weighted by atomic mass is 10.3. The number of ketones is 1. The third kappa shape index (κ3) is 3.72. The first kappa shape index (κ1) is 10.1. The van der Waals surface area contributed by atoms with Crippen LogP contribution in [-0.4, -0.2) is 29.1 Å². The Morgan fingerprint density at radius 1 is 1.36 bits per heavy atom. The molecule has 0 unspecified atom stereocenters. The molecule has 0 radical (unpaired) electrons. The molecule has 0 saturated heterocycles. The first-order valence-corrected chi connectivity index (χ1v) is 3.34. The van der Waals surface area contributed by atoms with Gasteiger partial charge in [0.1, 0.15) is 6.10 Å². The lowest BCUT2D eigenvalue weighted by Crippen LogP contribution is -2.27. The van der Waals surface area contributed by atoms with E-state index in [0.717, 1.165) is 0 Å². The fourth-order valence-corrected chi connectivity index (χ4v) is 0.356. The van der Waals surface area contributed by atoms with E-state index in [4.69, 9.17) is 5.11 Å². The van der Waals surface area contributed by atoms with Gasteiger partial charge in [0.2, 0.25) is 0 Å². The molecule has 0 aromatic carbocycles. The molecule has 0 amide bonds. The Kier molecular flexibility index (Phi) is 3.74. The number of aliphatic hydroxyl groups is 1. The van der Waals surface area contributed by atoms with Crippen molar-refractivity contribution in [2.45, 2.75) is 33.0 Å². The minimum Gasteiger partial charge on any atom is -0.453 e. The van der Waals surface area contributed by atoms with E-state index in [2.05, 4.69) is 4.74 Å². The highest BCUT2D eigenvalue weighted by Crippen LogP contribution is 1.95. The van der Waals surface area contributed by atoms with Gasteiger partial charge in [0.25, 0.3) is 0 Å². The summed E-state index contributed by atoms with van der Waals surface area (Å²) in [7, 11) is 0. The molecular formula is C7H12O4. The second kappa shape index (κ2) is 4.08. The Hall–Kier alpha value is -0.900. The lowest BCUT2D eigenvalue weighted by molar-refractivity contribution is -0.160. The van der Waals surface area contributed by atoms with Gasteiger partial charge in [-0.15, -0.1) is 0 Å². The van der Waals surface area contributed by atoms with Crippen molar-refractivity contribution in [1.82, 2.24) is 0 Å². The van der Waals surface area contributed by atoms with E-state index in [1.165, 1.54) is 20.8 Å². The van der Waals surface area contributed by atoms with Crippen molar-refractivity contribution < 1.29 is 19.4 Å². The van der Waals surface area contributed by atoms with E-state index in [9.17, 15) is 9.59 Å². The van der Waals surface area contributed by atoms with Crippen molar-refractivity contribution in [3.63, 3.8) is 0 Å². The average Bonchev–Trinajstić information content (AvgIpc) is 1.87. The molecule has 0 heterocycles. The third-order valence-corrected chi connectivity index (χ3v) is 1.21. The predicted molar refractivity (Wildman–Crippen MR) is 37.9 cm³/mol. The SMILES string of the molecule is CC(=O)[C@H](C)OC(=O)[C@@H](C)O. The number of Topliss-reactive ketones (excluding diaryl/α,β-unsaturated/α-hetero) is 1. The van der Waals surface area contributed by atoms with Crippen LogP contribution in [0.15, 0.2) is 0 Å². The molecule has 0 bridgehead atoms. The molecule has 0 aromatic heterocycles. The number of rotatable bonds is 3. The van der Waals surface area contributed by atoms with Crippen LogP contribution in [0, 0.1) is 0 Å². The first-order valence-electron chi connectivity index (χ1n) is 3.34. The van der Waals surface area contributed by atoms with Crippen molar-refractivity contribution in [1.29, 1.82) is 0 Å².